The molecule has 0 fully saturated rings. The first-order chi connectivity index (χ1) is 8.65. The van der Waals surface area contributed by atoms with Crippen LogP contribution >= 0.6 is 0 Å². The molecule has 2 N–H and O–H groups in total. The molecule has 1 aliphatic rings. The Morgan fingerprint density at radius 3 is 3.11 bits per heavy atom. The number of aryl methyl sites for hydroxylation is 1. The maximum absolute atomic E-state index is 13.3. The Labute approximate surface area is 104 Å². The molecule has 1 heterocycles. The monoisotopic (exact) mass is 246 g/mol. The van der Waals surface area contributed by atoms with Crippen LogP contribution in [0.25, 0.3) is 10.9 Å². The van der Waals surface area contributed by atoms with Crippen molar-refractivity contribution < 1.29 is 9.18 Å². The normalized spacial score (nSPS) is 18.7. The molecular weight excluding hydrogens is 231 g/mol. The quantitative estimate of drug-likeness (QED) is 0.798. The van der Waals surface area contributed by atoms with Gasteiger partial charge in [-0.15, -0.1) is 0 Å². The fraction of sp³-hybridized carbons (Fsp3) is 0.357. The van der Waals surface area contributed by atoms with Crippen LogP contribution in [0.1, 0.15) is 37.1 Å². The second-order valence-corrected chi connectivity index (χ2v) is 4.85. The molecule has 3 rings (SSSR count). The summed E-state index contributed by atoms with van der Waals surface area (Å²) in [5.74, 6) is -0.247. The number of carbonyl (C=O) groups excluding carboxylic acids is 1. The average molecular weight is 246 g/mol. The first-order valence-electron chi connectivity index (χ1n) is 6.22. The maximum Gasteiger partial charge on any atom is 0.217 e. The lowest BCUT2D eigenvalue weighted by Crippen LogP contribution is -2.28. The third-order valence-corrected chi connectivity index (χ3v) is 3.55. The van der Waals surface area contributed by atoms with Crippen LogP contribution in [-0.4, -0.2) is 10.9 Å². The van der Waals surface area contributed by atoms with Crippen molar-refractivity contribution in [3.05, 3.63) is 35.3 Å². The van der Waals surface area contributed by atoms with Gasteiger partial charge in [-0.3, -0.25) is 4.79 Å². The van der Waals surface area contributed by atoms with Crippen molar-refractivity contribution in [2.45, 2.75) is 32.2 Å². The van der Waals surface area contributed by atoms with Crippen molar-refractivity contribution in [2.24, 2.45) is 0 Å². The Morgan fingerprint density at radius 1 is 1.50 bits per heavy atom. The minimum Gasteiger partial charge on any atom is -0.356 e. The van der Waals surface area contributed by atoms with Gasteiger partial charge in [0.15, 0.2) is 0 Å². The van der Waals surface area contributed by atoms with E-state index in [2.05, 4.69) is 10.3 Å². The van der Waals surface area contributed by atoms with E-state index in [0.29, 0.717) is 0 Å². The Balaban J connectivity index is 2.12. The Hall–Kier alpha value is -1.84. The van der Waals surface area contributed by atoms with Crippen LogP contribution in [0.15, 0.2) is 18.2 Å². The summed E-state index contributed by atoms with van der Waals surface area (Å²) in [5, 5.41) is 3.89. The van der Waals surface area contributed by atoms with Crippen molar-refractivity contribution in [1.29, 1.82) is 0 Å². The number of halogens is 1. The van der Waals surface area contributed by atoms with Crippen LogP contribution in [0.4, 0.5) is 4.39 Å². The lowest BCUT2D eigenvalue weighted by molar-refractivity contribution is -0.119. The molecule has 1 aliphatic carbocycles. The summed E-state index contributed by atoms with van der Waals surface area (Å²) in [6, 6.07) is 4.81. The molecule has 0 radical (unpaired) electrons. The van der Waals surface area contributed by atoms with Crippen LogP contribution in [0.2, 0.25) is 0 Å². The van der Waals surface area contributed by atoms with Crippen LogP contribution in [-0.2, 0) is 11.2 Å². The molecule has 0 saturated heterocycles. The molecule has 1 aromatic heterocycles. The minimum atomic E-state index is -0.217. The largest absolute Gasteiger partial charge is 0.356 e. The molecule has 0 aliphatic heterocycles. The molecule has 0 bridgehead atoms. The third kappa shape index (κ3) is 1.78. The fourth-order valence-electron chi connectivity index (χ4n) is 2.82. The molecule has 0 spiro atoms. The number of benzene rings is 1. The SMILES string of the molecule is CC(=O)N[C@H]1CCCc2c1[nH]c1ccc(F)cc21. The highest BCUT2D eigenvalue weighted by molar-refractivity contribution is 5.85. The molecule has 1 atom stereocenters. The Morgan fingerprint density at radius 2 is 2.33 bits per heavy atom. The number of amides is 1. The lowest BCUT2D eigenvalue weighted by Gasteiger charge is -2.23. The van der Waals surface area contributed by atoms with Crippen molar-refractivity contribution in [2.75, 3.05) is 0 Å². The van der Waals surface area contributed by atoms with E-state index in [4.69, 9.17) is 0 Å². The van der Waals surface area contributed by atoms with Gasteiger partial charge in [-0.1, -0.05) is 0 Å². The molecule has 3 nitrogen and oxygen atoms in total. The predicted molar refractivity (Wildman–Crippen MR) is 67.8 cm³/mol. The van der Waals surface area contributed by atoms with Gasteiger partial charge in [0.05, 0.1) is 6.04 Å². The molecule has 2 aromatic rings. The summed E-state index contributed by atoms with van der Waals surface area (Å²) in [4.78, 5) is 14.5. The second kappa shape index (κ2) is 4.12. The summed E-state index contributed by atoms with van der Waals surface area (Å²) in [7, 11) is 0. The molecule has 0 saturated carbocycles. The molecule has 1 aromatic carbocycles. The Kier molecular flexibility index (Phi) is 2.58. The number of aromatic amines is 1. The highest BCUT2D eigenvalue weighted by Crippen LogP contribution is 2.34. The third-order valence-electron chi connectivity index (χ3n) is 3.55. The molecule has 1 amide bonds. The van der Waals surface area contributed by atoms with Gasteiger partial charge in [0.2, 0.25) is 5.91 Å². The molecule has 94 valence electrons. The second-order valence-electron chi connectivity index (χ2n) is 4.85. The summed E-state index contributed by atoms with van der Waals surface area (Å²) < 4.78 is 13.3. The minimum absolute atomic E-state index is 0.0294. The molecule has 4 heteroatoms. The van der Waals surface area contributed by atoms with Crippen LogP contribution < -0.4 is 5.32 Å². The molecule has 0 unspecified atom stereocenters. The van der Waals surface area contributed by atoms with Crippen LogP contribution in [0, 0.1) is 5.82 Å². The van der Waals surface area contributed by atoms with E-state index < -0.39 is 0 Å². The Bertz CT molecular complexity index is 618. The average Bonchev–Trinajstić information content (AvgIpc) is 2.68. The number of H-pyrrole nitrogens is 1. The number of hydrogen-bond acceptors (Lipinski definition) is 1. The summed E-state index contributed by atoms with van der Waals surface area (Å²) in [5.41, 5.74) is 3.13. The number of nitrogens with one attached hydrogen (secondary N) is 2. The maximum atomic E-state index is 13.3. The first-order valence-corrected chi connectivity index (χ1v) is 6.22. The summed E-state index contributed by atoms with van der Waals surface area (Å²) in [6.45, 7) is 1.52. The summed E-state index contributed by atoms with van der Waals surface area (Å²) in [6.07, 6.45) is 2.89. The fourth-order valence-corrected chi connectivity index (χ4v) is 2.82. The van der Waals surface area contributed by atoms with E-state index in [1.165, 1.54) is 13.0 Å². The van der Waals surface area contributed by atoms with Crippen LogP contribution in [0.5, 0.6) is 0 Å². The highest BCUT2D eigenvalue weighted by atomic mass is 19.1. The highest BCUT2D eigenvalue weighted by Gasteiger charge is 2.24. The van der Waals surface area contributed by atoms with E-state index in [0.717, 1.165) is 41.4 Å². The topological polar surface area (TPSA) is 44.9 Å². The lowest BCUT2D eigenvalue weighted by atomic mass is 9.91. The molecule has 18 heavy (non-hydrogen) atoms. The van der Waals surface area contributed by atoms with Gasteiger partial charge in [0.1, 0.15) is 5.82 Å². The predicted octanol–water partition coefficient (Wildman–Crippen LogP) is 2.82. The number of fused-ring (bicyclic) bond motifs is 3. The van der Waals surface area contributed by atoms with Gasteiger partial charge in [-0.25, -0.2) is 4.39 Å². The van der Waals surface area contributed by atoms with E-state index in [1.54, 1.807) is 12.1 Å². The van der Waals surface area contributed by atoms with Gasteiger partial charge in [0, 0.05) is 23.5 Å². The van der Waals surface area contributed by atoms with Gasteiger partial charge in [0.25, 0.3) is 0 Å². The standard InChI is InChI=1S/C14H15FN2O/c1-8(18)16-13-4-2-3-10-11-7-9(15)5-6-12(11)17-14(10)13/h5-7,13,17H,2-4H2,1H3,(H,16,18)/t13-/m0/s1. The van der Waals surface area contributed by atoms with Crippen LogP contribution in [0.3, 0.4) is 0 Å². The number of hydrogen-bond donors (Lipinski definition) is 2. The van der Waals surface area contributed by atoms with Gasteiger partial charge in [-0.2, -0.15) is 0 Å². The van der Waals surface area contributed by atoms with Crippen molar-refractivity contribution in [3.8, 4) is 0 Å². The zero-order valence-corrected chi connectivity index (χ0v) is 10.2. The van der Waals surface area contributed by atoms with E-state index >= 15 is 0 Å². The summed E-state index contributed by atoms with van der Waals surface area (Å²) >= 11 is 0. The van der Waals surface area contributed by atoms with E-state index in [-0.39, 0.29) is 17.8 Å². The van der Waals surface area contributed by atoms with Crippen molar-refractivity contribution >= 4 is 16.8 Å². The molecular formula is C14H15FN2O. The zero-order chi connectivity index (χ0) is 12.7. The van der Waals surface area contributed by atoms with Gasteiger partial charge >= 0.3 is 0 Å². The number of carbonyl (C=O) groups is 1. The number of aromatic nitrogens is 1. The zero-order valence-electron chi connectivity index (χ0n) is 10.2. The van der Waals surface area contributed by atoms with E-state index in [9.17, 15) is 9.18 Å². The van der Waals surface area contributed by atoms with Crippen molar-refractivity contribution in [1.82, 2.24) is 10.3 Å². The number of rotatable bonds is 1. The van der Waals surface area contributed by atoms with E-state index in [1.807, 2.05) is 0 Å². The van der Waals surface area contributed by atoms with Gasteiger partial charge < -0.3 is 10.3 Å². The van der Waals surface area contributed by atoms with Crippen molar-refractivity contribution in [3.63, 3.8) is 0 Å². The van der Waals surface area contributed by atoms with Gasteiger partial charge in [-0.05, 0) is 43.0 Å². The first kappa shape index (κ1) is 11.3. The smallest absolute Gasteiger partial charge is 0.217 e.